The number of hydrogen-bond donors (Lipinski definition) is 1. The third kappa shape index (κ3) is 7.62. The van der Waals surface area contributed by atoms with Crippen LogP contribution in [0.2, 0.25) is 0 Å². The van der Waals surface area contributed by atoms with Gasteiger partial charge in [-0.15, -0.1) is 0 Å². The van der Waals surface area contributed by atoms with E-state index in [-0.39, 0.29) is 5.91 Å². The van der Waals surface area contributed by atoms with Gasteiger partial charge in [-0.3, -0.25) is 4.79 Å². The van der Waals surface area contributed by atoms with Gasteiger partial charge in [0.05, 0.1) is 24.8 Å². The van der Waals surface area contributed by atoms with Crippen molar-refractivity contribution in [1.29, 1.82) is 0 Å². The highest BCUT2D eigenvalue weighted by molar-refractivity contribution is 5.94. The minimum atomic E-state index is -0.0657. The van der Waals surface area contributed by atoms with Crippen molar-refractivity contribution in [2.75, 3.05) is 20.3 Å². The molecule has 0 bridgehead atoms. The summed E-state index contributed by atoms with van der Waals surface area (Å²) >= 11 is 0. The molecule has 0 atom stereocenters. The average molecular weight is 528 g/mol. The van der Waals surface area contributed by atoms with Crippen LogP contribution >= 0.6 is 0 Å². The number of carbonyl (C=O) groups is 1. The largest absolute Gasteiger partial charge is 0.497 e. The molecule has 6 nitrogen and oxygen atoms in total. The van der Waals surface area contributed by atoms with Gasteiger partial charge in [0.25, 0.3) is 5.91 Å². The second-order valence-corrected chi connectivity index (χ2v) is 10.4. The van der Waals surface area contributed by atoms with Gasteiger partial charge in [0.1, 0.15) is 17.3 Å². The first-order valence-corrected chi connectivity index (χ1v) is 14.1. The third-order valence-corrected chi connectivity index (χ3v) is 7.00. The van der Waals surface area contributed by atoms with Crippen LogP contribution in [0, 0.1) is 6.92 Å². The Bertz CT molecular complexity index is 1380. The fourth-order valence-corrected chi connectivity index (χ4v) is 4.87. The number of nitrogens with one attached hydrogen (secondary N) is 1. The number of nitrogens with zero attached hydrogens (tertiary/aromatic N) is 2. The van der Waals surface area contributed by atoms with Gasteiger partial charge in [0.15, 0.2) is 0 Å². The lowest BCUT2D eigenvalue weighted by molar-refractivity contribution is 0.0952. The van der Waals surface area contributed by atoms with Crippen molar-refractivity contribution in [3.63, 3.8) is 0 Å². The number of methoxy groups -OCH3 is 1. The summed E-state index contributed by atoms with van der Waals surface area (Å²) in [6, 6.07) is 22.1. The summed E-state index contributed by atoms with van der Waals surface area (Å²) in [5, 5.41) is 3.01. The predicted molar refractivity (Wildman–Crippen MR) is 158 cm³/mol. The van der Waals surface area contributed by atoms with Crippen LogP contribution in [-0.4, -0.2) is 35.7 Å². The van der Waals surface area contributed by atoms with Gasteiger partial charge < -0.3 is 19.4 Å². The molecule has 0 aliphatic carbocycles. The fraction of sp³-hybridized carbons (Fsp3) is 0.394. The van der Waals surface area contributed by atoms with Gasteiger partial charge in [-0.1, -0.05) is 50.6 Å². The Morgan fingerprint density at radius 3 is 2.64 bits per heavy atom. The number of fused-ring (bicyclic) bond motifs is 1. The SMILES string of the molecule is COc1cccc(C(=O)NCCCCCc2nc3ccccc3n2CCCOc2cc(C)ccc2C(C)C)c1. The number of rotatable bonds is 14. The monoisotopic (exact) mass is 527 g/mol. The Kier molecular flexibility index (Phi) is 10.0. The molecule has 39 heavy (non-hydrogen) atoms. The highest BCUT2D eigenvalue weighted by atomic mass is 16.5. The predicted octanol–water partition coefficient (Wildman–Crippen LogP) is 7.09. The van der Waals surface area contributed by atoms with Crippen molar-refractivity contribution in [3.05, 3.63) is 89.2 Å². The number of carbonyl (C=O) groups excluding carboxylic acids is 1. The zero-order valence-corrected chi connectivity index (χ0v) is 23.7. The summed E-state index contributed by atoms with van der Waals surface area (Å²) in [6.07, 6.45) is 4.80. The average Bonchev–Trinajstić information content (AvgIpc) is 3.29. The minimum Gasteiger partial charge on any atom is -0.497 e. The number of hydrogen-bond acceptors (Lipinski definition) is 4. The maximum absolute atomic E-state index is 12.4. The van der Waals surface area contributed by atoms with Gasteiger partial charge in [0.2, 0.25) is 0 Å². The van der Waals surface area contributed by atoms with Crippen LogP contribution in [-0.2, 0) is 13.0 Å². The van der Waals surface area contributed by atoms with Crippen molar-refractivity contribution < 1.29 is 14.3 Å². The number of aryl methyl sites for hydroxylation is 3. The summed E-state index contributed by atoms with van der Waals surface area (Å²) in [4.78, 5) is 17.3. The smallest absolute Gasteiger partial charge is 0.251 e. The van der Waals surface area contributed by atoms with Crippen molar-refractivity contribution in [3.8, 4) is 11.5 Å². The van der Waals surface area contributed by atoms with Crippen LogP contribution < -0.4 is 14.8 Å². The van der Waals surface area contributed by atoms with Crippen molar-refractivity contribution >= 4 is 16.9 Å². The van der Waals surface area contributed by atoms with E-state index in [1.165, 1.54) is 16.6 Å². The van der Waals surface area contributed by atoms with Crippen LogP contribution in [0.1, 0.15) is 72.8 Å². The van der Waals surface area contributed by atoms with E-state index in [0.29, 0.717) is 30.4 Å². The van der Waals surface area contributed by atoms with Gasteiger partial charge in [0, 0.05) is 25.1 Å². The summed E-state index contributed by atoms with van der Waals surface area (Å²) in [6.45, 7) is 8.71. The quantitative estimate of drug-likeness (QED) is 0.178. The van der Waals surface area contributed by atoms with Crippen molar-refractivity contribution in [2.45, 2.75) is 65.3 Å². The Hall–Kier alpha value is -3.80. The van der Waals surface area contributed by atoms with Crippen LogP contribution in [0.3, 0.4) is 0 Å². The first-order valence-electron chi connectivity index (χ1n) is 14.1. The number of benzene rings is 3. The molecule has 0 radical (unpaired) electrons. The summed E-state index contributed by atoms with van der Waals surface area (Å²) in [5.74, 6) is 3.17. The molecule has 1 heterocycles. The van der Waals surface area contributed by atoms with Gasteiger partial charge in [-0.25, -0.2) is 4.98 Å². The second-order valence-electron chi connectivity index (χ2n) is 10.4. The number of unbranched alkanes of at least 4 members (excludes halogenated alkanes) is 2. The molecule has 206 valence electrons. The Morgan fingerprint density at radius 1 is 0.974 bits per heavy atom. The topological polar surface area (TPSA) is 65.4 Å². The first-order chi connectivity index (χ1) is 19.0. The van der Waals surface area contributed by atoms with Crippen molar-refractivity contribution in [1.82, 2.24) is 14.9 Å². The van der Waals surface area contributed by atoms with E-state index < -0.39 is 0 Å². The Labute approximate surface area is 232 Å². The lowest BCUT2D eigenvalue weighted by atomic mass is 10.0. The standard InChI is InChI=1S/C33H41N3O3/c1-24(2)28-18-17-25(3)22-31(28)39-21-11-20-36-30-15-8-7-14-29(30)35-32(36)16-6-5-9-19-34-33(37)26-12-10-13-27(23-26)38-4/h7-8,10,12-15,17-18,22-24H,5-6,9,11,16,19-21H2,1-4H3,(H,34,37). The first kappa shape index (κ1) is 28.2. The highest BCUT2D eigenvalue weighted by Crippen LogP contribution is 2.28. The molecular formula is C33H41N3O3. The maximum Gasteiger partial charge on any atom is 0.251 e. The Morgan fingerprint density at radius 2 is 1.82 bits per heavy atom. The molecular weight excluding hydrogens is 486 g/mol. The van der Waals surface area contributed by atoms with Gasteiger partial charge in [-0.05, 0) is 79.6 Å². The lowest BCUT2D eigenvalue weighted by Crippen LogP contribution is -2.24. The normalized spacial score (nSPS) is 11.2. The van der Waals surface area contributed by atoms with Gasteiger partial charge in [-0.2, -0.15) is 0 Å². The van der Waals surface area contributed by atoms with E-state index in [2.05, 4.69) is 67.1 Å². The molecule has 6 heteroatoms. The molecule has 0 saturated carbocycles. The van der Waals surface area contributed by atoms with E-state index in [0.717, 1.165) is 55.7 Å². The molecule has 3 aromatic carbocycles. The fourth-order valence-electron chi connectivity index (χ4n) is 4.87. The molecule has 0 fully saturated rings. The summed E-state index contributed by atoms with van der Waals surface area (Å²) in [7, 11) is 1.60. The van der Waals surface area contributed by atoms with E-state index >= 15 is 0 Å². The number of amides is 1. The third-order valence-electron chi connectivity index (χ3n) is 7.00. The number of imidazole rings is 1. The molecule has 0 saturated heterocycles. The van der Waals surface area contributed by atoms with Gasteiger partial charge >= 0.3 is 0 Å². The lowest BCUT2D eigenvalue weighted by Gasteiger charge is -2.15. The summed E-state index contributed by atoms with van der Waals surface area (Å²) in [5.41, 5.74) is 5.32. The van der Waals surface area contributed by atoms with Crippen LogP contribution in [0.15, 0.2) is 66.7 Å². The molecule has 0 spiro atoms. The highest BCUT2D eigenvalue weighted by Gasteiger charge is 2.12. The van der Waals surface area contributed by atoms with Crippen LogP contribution in [0.4, 0.5) is 0 Å². The van der Waals surface area contributed by atoms with E-state index in [4.69, 9.17) is 14.5 Å². The summed E-state index contributed by atoms with van der Waals surface area (Å²) < 4.78 is 13.8. The zero-order chi connectivity index (χ0) is 27.6. The molecule has 0 unspecified atom stereocenters. The van der Waals surface area contributed by atoms with Crippen LogP contribution in [0.5, 0.6) is 11.5 Å². The number of para-hydroxylation sites is 2. The molecule has 4 aromatic rings. The van der Waals surface area contributed by atoms with E-state index in [1.54, 1.807) is 19.2 Å². The van der Waals surface area contributed by atoms with Crippen molar-refractivity contribution in [2.24, 2.45) is 0 Å². The van der Waals surface area contributed by atoms with E-state index in [9.17, 15) is 4.79 Å². The molecule has 1 N–H and O–H groups in total. The molecule has 1 aromatic heterocycles. The zero-order valence-electron chi connectivity index (χ0n) is 23.7. The number of ether oxygens (including phenoxy) is 2. The second kappa shape index (κ2) is 13.8. The van der Waals surface area contributed by atoms with E-state index in [1.807, 2.05) is 18.2 Å². The molecule has 4 rings (SSSR count). The molecule has 0 aliphatic rings. The molecule has 0 aliphatic heterocycles. The molecule has 1 amide bonds. The van der Waals surface area contributed by atoms with Crippen LogP contribution in [0.25, 0.3) is 11.0 Å². The number of aromatic nitrogens is 2. The Balaban J connectivity index is 1.27. The maximum atomic E-state index is 12.4. The minimum absolute atomic E-state index is 0.0657.